The van der Waals surface area contributed by atoms with Crippen LogP contribution in [-0.4, -0.2) is 48.3 Å². The highest BCUT2D eigenvalue weighted by molar-refractivity contribution is 5.89. The number of amides is 3. The monoisotopic (exact) mass is 286 g/mol. The van der Waals surface area contributed by atoms with Crippen LogP contribution in [0.5, 0.6) is 0 Å². The van der Waals surface area contributed by atoms with E-state index in [1.807, 2.05) is 20.8 Å². The Labute approximate surface area is 120 Å². The molecule has 0 aromatic rings. The van der Waals surface area contributed by atoms with E-state index in [1.165, 1.54) is 4.90 Å². The van der Waals surface area contributed by atoms with E-state index in [2.05, 4.69) is 5.32 Å². The molecular formula is C13H26N4O3. The third-order valence-electron chi connectivity index (χ3n) is 2.92. The molecule has 0 aliphatic rings. The third-order valence-corrected chi connectivity index (χ3v) is 2.92. The van der Waals surface area contributed by atoms with Crippen LogP contribution >= 0.6 is 0 Å². The molecular weight excluding hydrogens is 260 g/mol. The molecule has 3 amide bonds. The first-order valence-electron chi connectivity index (χ1n) is 6.88. The molecule has 0 rings (SSSR count). The van der Waals surface area contributed by atoms with Gasteiger partial charge in [-0.3, -0.25) is 14.4 Å². The molecule has 0 bridgehead atoms. The Morgan fingerprint density at radius 3 is 2.30 bits per heavy atom. The Morgan fingerprint density at radius 2 is 1.85 bits per heavy atom. The first kappa shape index (κ1) is 18.4. The summed E-state index contributed by atoms with van der Waals surface area (Å²) >= 11 is 0. The van der Waals surface area contributed by atoms with Gasteiger partial charge in [-0.05, 0) is 12.3 Å². The molecule has 0 aliphatic carbocycles. The van der Waals surface area contributed by atoms with Gasteiger partial charge in [0.2, 0.25) is 17.7 Å². The summed E-state index contributed by atoms with van der Waals surface area (Å²) in [7, 11) is 0. The third kappa shape index (κ3) is 7.08. The molecule has 0 heterocycles. The largest absolute Gasteiger partial charge is 0.368 e. The number of rotatable bonds is 9. The van der Waals surface area contributed by atoms with Crippen molar-refractivity contribution < 1.29 is 14.4 Å². The second-order valence-electron chi connectivity index (χ2n) is 5.12. The van der Waals surface area contributed by atoms with Crippen LogP contribution in [0.3, 0.4) is 0 Å². The van der Waals surface area contributed by atoms with Crippen LogP contribution in [0.25, 0.3) is 0 Å². The van der Waals surface area contributed by atoms with Crippen LogP contribution in [-0.2, 0) is 14.4 Å². The quantitative estimate of drug-likeness (QED) is 0.514. The van der Waals surface area contributed by atoms with Gasteiger partial charge in [0.1, 0.15) is 0 Å². The zero-order valence-corrected chi connectivity index (χ0v) is 12.5. The Kier molecular flexibility index (Phi) is 8.54. The molecule has 1 atom stereocenters. The van der Waals surface area contributed by atoms with Crippen molar-refractivity contribution >= 4 is 17.7 Å². The van der Waals surface area contributed by atoms with Gasteiger partial charge in [0.05, 0.1) is 19.1 Å². The van der Waals surface area contributed by atoms with Gasteiger partial charge in [-0.2, -0.15) is 0 Å². The van der Waals surface area contributed by atoms with Crippen molar-refractivity contribution in [2.75, 3.05) is 19.6 Å². The average Bonchev–Trinajstić information content (AvgIpc) is 2.38. The maximum atomic E-state index is 11.9. The first-order valence-corrected chi connectivity index (χ1v) is 6.88. The van der Waals surface area contributed by atoms with Crippen LogP contribution in [0, 0.1) is 5.92 Å². The summed E-state index contributed by atoms with van der Waals surface area (Å²) in [6.45, 7) is 5.78. The molecule has 7 nitrogen and oxygen atoms in total. The maximum absolute atomic E-state index is 11.9. The zero-order valence-electron chi connectivity index (χ0n) is 12.5. The summed E-state index contributed by atoms with van der Waals surface area (Å²) in [4.78, 5) is 35.9. The van der Waals surface area contributed by atoms with Crippen LogP contribution < -0.4 is 16.8 Å². The lowest BCUT2D eigenvalue weighted by atomic mass is 10.1. The summed E-state index contributed by atoms with van der Waals surface area (Å²) in [5.74, 6) is -1.28. The van der Waals surface area contributed by atoms with E-state index in [4.69, 9.17) is 11.5 Å². The highest BCUT2D eigenvalue weighted by atomic mass is 16.2. The highest BCUT2D eigenvalue weighted by Crippen LogP contribution is 1.99. The van der Waals surface area contributed by atoms with E-state index in [9.17, 15) is 14.4 Å². The van der Waals surface area contributed by atoms with Crippen molar-refractivity contribution in [2.24, 2.45) is 17.4 Å². The van der Waals surface area contributed by atoms with Crippen molar-refractivity contribution in [3.63, 3.8) is 0 Å². The van der Waals surface area contributed by atoms with Gasteiger partial charge < -0.3 is 21.7 Å². The van der Waals surface area contributed by atoms with Crippen molar-refractivity contribution in [2.45, 2.75) is 39.7 Å². The number of carbonyl (C=O) groups excluding carboxylic acids is 3. The van der Waals surface area contributed by atoms with Gasteiger partial charge in [0.15, 0.2) is 0 Å². The minimum atomic E-state index is -0.650. The van der Waals surface area contributed by atoms with Gasteiger partial charge in [0.25, 0.3) is 0 Å². The molecule has 20 heavy (non-hydrogen) atoms. The maximum Gasteiger partial charge on any atom is 0.242 e. The van der Waals surface area contributed by atoms with Crippen LogP contribution in [0.1, 0.15) is 33.6 Å². The molecule has 0 saturated heterocycles. The summed E-state index contributed by atoms with van der Waals surface area (Å²) in [5.41, 5.74) is 10.8. The first-order chi connectivity index (χ1) is 9.29. The predicted molar refractivity (Wildman–Crippen MR) is 76.5 cm³/mol. The average molecular weight is 286 g/mol. The number of hydrogen-bond donors (Lipinski definition) is 3. The summed E-state index contributed by atoms with van der Waals surface area (Å²) in [6, 6.07) is -0.650. The summed E-state index contributed by atoms with van der Waals surface area (Å²) in [5, 5.41) is 2.49. The minimum absolute atomic E-state index is 0.00749. The zero-order chi connectivity index (χ0) is 15.7. The van der Waals surface area contributed by atoms with E-state index in [1.54, 1.807) is 0 Å². The SMILES string of the molecule is CCCCN(CC(N)=O)C(=O)CNC(=O)[C@@H](N)C(C)C. The smallest absolute Gasteiger partial charge is 0.242 e. The van der Waals surface area contributed by atoms with E-state index in [0.717, 1.165) is 12.8 Å². The molecule has 0 radical (unpaired) electrons. The van der Waals surface area contributed by atoms with Crippen molar-refractivity contribution in [3.8, 4) is 0 Å². The van der Waals surface area contributed by atoms with E-state index in [0.29, 0.717) is 6.54 Å². The number of hydrogen-bond acceptors (Lipinski definition) is 4. The van der Waals surface area contributed by atoms with Crippen molar-refractivity contribution in [3.05, 3.63) is 0 Å². The number of nitrogens with one attached hydrogen (secondary N) is 1. The molecule has 116 valence electrons. The van der Waals surface area contributed by atoms with Gasteiger partial charge in [0, 0.05) is 6.54 Å². The van der Waals surface area contributed by atoms with Crippen LogP contribution in [0.15, 0.2) is 0 Å². The Morgan fingerprint density at radius 1 is 1.25 bits per heavy atom. The lowest BCUT2D eigenvalue weighted by molar-refractivity contribution is -0.136. The lowest BCUT2D eigenvalue weighted by Gasteiger charge is -2.22. The number of primary amides is 1. The topological polar surface area (TPSA) is 119 Å². The molecule has 0 aromatic carbocycles. The highest BCUT2D eigenvalue weighted by Gasteiger charge is 2.20. The van der Waals surface area contributed by atoms with E-state index >= 15 is 0 Å². The Hall–Kier alpha value is -1.63. The fourth-order valence-corrected chi connectivity index (χ4v) is 1.52. The number of nitrogens with two attached hydrogens (primary N) is 2. The number of nitrogens with zero attached hydrogens (tertiary/aromatic N) is 1. The van der Waals surface area contributed by atoms with Crippen molar-refractivity contribution in [1.29, 1.82) is 0 Å². The van der Waals surface area contributed by atoms with Gasteiger partial charge >= 0.3 is 0 Å². The Bertz CT molecular complexity index is 345. The Balaban J connectivity index is 4.37. The van der Waals surface area contributed by atoms with E-state index < -0.39 is 11.9 Å². The van der Waals surface area contributed by atoms with Gasteiger partial charge in [-0.15, -0.1) is 0 Å². The molecule has 0 spiro atoms. The molecule has 0 aromatic heterocycles. The van der Waals surface area contributed by atoms with Gasteiger partial charge in [-0.1, -0.05) is 27.2 Å². The normalized spacial score (nSPS) is 12.1. The molecule has 0 saturated carbocycles. The summed E-state index contributed by atoms with van der Waals surface area (Å²) < 4.78 is 0. The van der Waals surface area contributed by atoms with Gasteiger partial charge in [-0.25, -0.2) is 0 Å². The number of carbonyl (C=O) groups is 3. The predicted octanol–water partition coefficient (Wildman–Crippen LogP) is -0.800. The fourth-order valence-electron chi connectivity index (χ4n) is 1.52. The molecule has 0 unspecified atom stereocenters. The minimum Gasteiger partial charge on any atom is -0.368 e. The van der Waals surface area contributed by atoms with E-state index in [-0.39, 0.29) is 30.8 Å². The molecule has 7 heteroatoms. The fraction of sp³-hybridized carbons (Fsp3) is 0.769. The second-order valence-corrected chi connectivity index (χ2v) is 5.12. The van der Waals surface area contributed by atoms with Crippen LogP contribution in [0.4, 0.5) is 0 Å². The molecule has 0 fully saturated rings. The van der Waals surface area contributed by atoms with Crippen LogP contribution in [0.2, 0.25) is 0 Å². The summed E-state index contributed by atoms with van der Waals surface area (Å²) in [6.07, 6.45) is 1.67. The standard InChI is InChI=1S/C13H26N4O3/c1-4-5-6-17(8-10(14)18)11(19)7-16-13(20)12(15)9(2)3/h9,12H,4-8,15H2,1-3H3,(H2,14,18)(H,16,20)/t12-/m0/s1. The van der Waals surface area contributed by atoms with Crippen molar-refractivity contribution in [1.82, 2.24) is 10.2 Å². The lowest BCUT2D eigenvalue weighted by Crippen LogP contribution is -2.49. The second kappa shape index (κ2) is 9.30. The number of unbranched alkanes of at least 4 members (excludes halogenated alkanes) is 1. The molecule has 5 N–H and O–H groups in total. The molecule has 0 aliphatic heterocycles.